The molecule has 0 amide bonds. The van der Waals surface area contributed by atoms with Crippen LogP contribution in [0.1, 0.15) is 39.5 Å². The largest absolute Gasteiger partial charge is 0.468 e. The van der Waals surface area contributed by atoms with Crippen LogP contribution in [0, 0.1) is 17.8 Å². The van der Waals surface area contributed by atoms with Gasteiger partial charge < -0.3 is 18.7 Å². The molecule has 1 fully saturated rings. The Hall–Kier alpha value is -2.15. The molecule has 1 aromatic heterocycles. The minimum Gasteiger partial charge on any atom is -0.468 e. The average molecular weight is 351 g/mol. The zero-order chi connectivity index (χ0) is 18.6. The van der Waals surface area contributed by atoms with Crippen molar-refractivity contribution in [3.63, 3.8) is 0 Å². The molecule has 1 aliphatic heterocycles. The standard InChI is InChI=1S/C18H25NO6/c1-5-23-16(21)18(17(22)24-6-2)14(11(3)4)12(10-20)15(19-18)13-8-7-9-25-13/h7-12,14-15,19H,5-6H2,1-4H3/t12-,14-,15+/m1/s1. The summed E-state index contributed by atoms with van der Waals surface area (Å²) in [6, 6.07) is 2.78. The summed E-state index contributed by atoms with van der Waals surface area (Å²) in [5.74, 6) is -2.39. The molecule has 7 heteroatoms. The number of carbonyl (C=O) groups is 3. The van der Waals surface area contributed by atoms with E-state index < -0.39 is 35.4 Å². The predicted molar refractivity (Wildman–Crippen MR) is 88.5 cm³/mol. The van der Waals surface area contributed by atoms with Crippen LogP contribution < -0.4 is 5.32 Å². The third kappa shape index (κ3) is 3.20. The maximum absolute atomic E-state index is 12.8. The zero-order valence-corrected chi connectivity index (χ0v) is 15.0. The van der Waals surface area contributed by atoms with Gasteiger partial charge in [-0.3, -0.25) is 5.32 Å². The first kappa shape index (κ1) is 19.2. The molecule has 1 saturated heterocycles. The van der Waals surface area contributed by atoms with E-state index in [1.165, 1.54) is 6.26 Å². The van der Waals surface area contributed by atoms with Crippen LogP contribution in [0.4, 0.5) is 0 Å². The molecular formula is C18H25NO6. The van der Waals surface area contributed by atoms with Crippen molar-refractivity contribution in [2.45, 2.75) is 39.3 Å². The van der Waals surface area contributed by atoms with Crippen molar-refractivity contribution in [3.8, 4) is 0 Å². The van der Waals surface area contributed by atoms with Gasteiger partial charge >= 0.3 is 11.9 Å². The molecule has 2 heterocycles. The van der Waals surface area contributed by atoms with Crippen LogP contribution in [0.2, 0.25) is 0 Å². The maximum atomic E-state index is 12.8. The monoisotopic (exact) mass is 351 g/mol. The van der Waals surface area contributed by atoms with Crippen LogP contribution >= 0.6 is 0 Å². The van der Waals surface area contributed by atoms with Crippen molar-refractivity contribution in [2.24, 2.45) is 17.8 Å². The van der Waals surface area contributed by atoms with Gasteiger partial charge in [0.05, 0.1) is 25.5 Å². The normalized spacial score (nSPS) is 24.9. The van der Waals surface area contributed by atoms with Gasteiger partial charge in [0.15, 0.2) is 0 Å². The number of rotatable bonds is 7. The zero-order valence-electron chi connectivity index (χ0n) is 15.0. The number of ether oxygens (including phenoxy) is 2. The van der Waals surface area contributed by atoms with E-state index >= 15 is 0 Å². The van der Waals surface area contributed by atoms with Gasteiger partial charge in [0.2, 0.25) is 5.54 Å². The average Bonchev–Trinajstić information content (AvgIpc) is 3.20. The number of furan rings is 1. The predicted octanol–water partition coefficient (Wildman–Crippen LogP) is 1.88. The van der Waals surface area contributed by atoms with E-state index in [1.807, 2.05) is 13.8 Å². The molecule has 1 N–H and O–H groups in total. The lowest BCUT2D eigenvalue weighted by molar-refractivity contribution is -0.169. The molecule has 3 atom stereocenters. The van der Waals surface area contributed by atoms with Crippen molar-refractivity contribution in [2.75, 3.05) is 13.2 Å². The van der Waals surface area contributed by atoms with Crippen molar-refractivity contribution < 1.29 is 28.3 Å². The first-order valence-electron chi connectivity index (χ1n) is 8.54. The van der Waals surface area contributed by atoms with Gasteiger partial charge in [-0.05, 0) is 31.9 Å². The Balaban J connectivity index is 2.59. The Morgan fingerprint density at radius 3 is 2.28 bits per heavy atom. The molecule has 0 aliphatic carbocycles. The number of esters is 2. The summed E-state index contributed by atoms with van der Waals surface area (Å²) < 4.78 is 15.8. The lowest BCUT2D eigenvalue weighted by Crippen LogP contribution is -2.61. The van der Waals surface area contributed by atoms with Crippen LogP contribution in [0.5, 0.6) is 0 Å². The van der Waals surface area contributed by atoms with Crippen molar-refractivity contribution in [1.82, 2.24) is 5.32 Å². The molecule has 0 unspecified atom stereocenters. The van der Waals surface area contributed by atoms with Gasteiger partial charge in [0, 0.05) is 11.8 Å². The Morgan fingerprint density at radius 2 is 1.88 bits per heavy atom. The highest BCUT2D eigenvalue weighted by Crippen LogP contribution is 2.47. The quantitative estimate of drug-likeness (QED) is 0.455. The summed E-state index contributed by atoms with van der Waals surface area (Å²) in [6.07, 6.45) is 2.25. The molecule has 0 spiro atoms. The van der Waals surface area contributed by atoms with Crippen molar-refractivity contribution >= 4 is 18.2 Å². The van der Waals surface area contributed by atoms with Gasteiger partial charge in [0.1, 0.15) is 12.0 Å². The Bertz CT molecular complexity index is 591. The highest BCUT2D eigenvalue weighted by Gasteiger charge is 2.65. The Labute approximate surface area is 147 Å². The topological polar surface area (TPSA) is 94.8 Å². The Kier molecular flexibility index (Phi) is 6.00. The molecule has 0 saturated carbocycles. The fourth-order valence-corrected chi connectivity index (χ4v) is 3.73. The number of aldehydes is 1. The summed E-state index contributed by atoms with van der Waals surface area (Å²) in [6.45, 7) is 7.28. The molecule has 0 aromatic carbocycles. The van der Waals surface area contributed by atoms with E-state index in [2.05, 4.69) is 5.32 Å². The summed E-state index contributed by atoms with van der Waals surface area (Å²) in [5, 5.41) is 3.03. The van der Waals surface area contributed by atoms with Crippen molar-refractivity contribution in [1.29, 1.82) is 0 Å². The fourth-order valence-electron chi connectivity index (χ4n) is 3.73. The summed E-state index contributed by atoms with van der Waals surface area (Å²) in [4.78, 5) is 37.6. The van der Waals surface area contributed by atoms with E-state index in [0.29, 0.717) is 5.76 Å². The first-order chi connectivity index (χ1) is 11.9. The number of hydrogen-bond donors (Lipinski definition) is 1. The van der Waals surface area contributed by atoms with E-state index in [9.17, 15) is 14.4 Å². The lowest BCUT2D eigenvalue weighted by atomic mass is 9.72. The number of carbonyl (C=O) groups excluding carboxylic acids is 3. The van der Waals surface area contributed by atoms with Gasteiger partial charge in [-0.2, -0.15) is 0 Å². The lowest BCUT2D eigenvalue weighted by Gasteiger charge is -2.33. The summed E-state index contributed by atoms with van der Waals surface area (Å²) >= 11 is 0. The molecule has 1 aromatic rings. The van der Waals surface area contributed by atoms with Crippen LogP contribution in [0.15, 0.2) is 22.8 Å². The van der Waals surface area contributed by atoms with Crippen LogP contribution in [0.3, 0.4) is 0 Å². The van der Waals surface area contributed by atoms with Crippen LogP contribution in [-0.4, -0.2) is 37.0 Å². The second-order valence-electron chi connectivity index (χ2n) is 6.37. The highest BCUT2D eigenvalue weighted by atomic mass is 16.6. The molecule has 25 heavy (non-hydrogen) atoms. The summed E-state index contributed by atoms with van der Waals surface area (Å²) in [7, 11) is 0. The molecule has 0 bridgehead atoms. The molecule has 0 radical (unpaired) electrons. The van der Waals surface area contributed by atoms with Gasteiger partial charge in [0.25, 0.3) is 0 Å². The van der Waals surface area contributed by atoms with Crippen molar-refractivity contribution in [3.05, 3.63) is 24.2 Å². The molecule has 1 aliphatic rings. The molecule has 7 nitrogen and oxygen atoms in total. The minimum atomic E-state index is -1.75. The van der Waals surface area contributed by atoms with Crippen LogP contribution in [0.25, 0.3) is 0 Å². The third-order valence-electron chi connectivity index (χ3n) is 4.60. The third-order valence-corrected chi connectivity index (χ3v) is 4.60. The number of nitrogens with one attached hydrogen (secondary N) is 1. The smallest absolute Gasteiger partial charge is 0.338 e. The van der Waals surface area contributed by atoms with Gasteiger partial charge in [-0.15, -0.1) is 0 Å². The van der Waals surface area contributed by atoms with E-state index in [-0.39, 0.29) is 19.1 Å². The molecular weight excluding hydrogens is 326 g/mol. The van der Waals surface area contributed by atoms with E-state index in [4.69, 9.17) is 13.9 Å². The molecule has 138 valence electrons. The SMILES string of the molecule is CCOC(=O)C1(C(=O)OCC)N[C@H](c2ccco2)[C@H](C=O)[C@H]1C(C)C. The van der Waals surface area contributed by atoms with E-state index in [0.717, 1.165) is 6.29 Å². The summed E-state index contributed by atoms with van der Waals surface area (Å²) in [5.41, 5.74) is -1.75. The minimum absolute atomic E-state index is 0.115. The van der Waals surface area contributed by atoms with Gasteiger partial charge in [-0.1, -0.05) is 13.8 Å². The van der Waals surface area contributed by atoms with E-state index in [1.54, 1.807) is 26.0 Å². The highest BCUT2D eigenvalue weighted by molar-refractivity contribution is 6.06. The van der Waals surface area contributed by atoms with Gasteiger partial charge in [-0.25, -0.2) is 9.59 Å². The molecule has 2 rings (SSSR count). The second kappa shape index (κ2) is 7.82. The number of hydrogen-bond acceptors (Lipinski definition) is 7. The maximum Gasteiger partial charge on any atom is 0.338 e. The Morgan fingerprint density at radius 1 is 1.28 bits per heavy atom. The first-order valence-corrected chi connectivity index (χ1v) is 8.54. The second-order valence-corrected chi connectivity index (χ2v) is 6.37. The fraction of sp³-hybridized carbons (Fsp3) is 0.611. The van der Waals surface area contributed by atoms with Crippen LogP contribution in [-0.2, 0) is 23.9 Å².